The number of nitrogens with zero attached hydrogens (tertiary/aromatic N) is 8. The second kappa shape index (κ2) is 23.2. The topological polar surface area (TPSA) is 122 Å². The highest BCUT2D eigenvalue weighted by Gasteiger charge is 2.52. The number of rotatable bonds is 6. The first-order chi connectivity index (χ1) is 44.0. The van der Waals surface area contributed by atoms with Gasteiger partial charge in [0.15, 0.2) is 11.6 Å². The lowest BCUT2D eigenvalue weighted by Crippen LogP contribution is -2.41. The van der Waals surface area contributed by atoms with Crippen LogP contribution >= 0.6 is 15.9 Å². The fraction of sp³-hybridized carbons (Fsp3) is 0.0769. The van der Waals surface area contributed by atoms with Gasteiger partial charge in [0.1, 0.15) is 0 Å². The van der Waals surface area contributed by atoms with Crippen LogP contribution in [-0.4, -0.2) is 58.2 Å². The largest absolute Gasteiger partial charge is 0.495 e. The van der Waals surface area contributed by atoms with E-state index in [0.717, 1.165) is 115 Å². The molecule has 0 bridgehead atoms. The lowest BCUT2D eigenvalue weighted by Gasteiger charge is -2.32. The van der Waals surface area contributed by atoms with Gasteiger partial charge in [0.2, 0.25) is 0 Å². The Labute approximate surface area is 528 Å². The van der Waals surface area contributed by atoms with Crippen LogP contribution in [0.25, 0.3) is 143 Å². The zero-order valence-corrected chi connectivity index (χ0v) is 51.3. The van der Waals surface area contributed by atoms with Crippen LogP contribution < -0.4 is 5.46 Å². The first-order valence-electron chi connectivity index (χ1n) is 30.0. The second-order valence-electron chi connectivity index (χ2n) is 23.4. The molecule has 0 unspecified atom stereocenters. The molecule has 0 atom stereocenters. The molecule has 430 valence electrons. The summed E-state index contributed by atoms with van der Waals surface area (Å²) < 4.78 is 13.6. The number of benzene rings is 10. The van der Waals surface area contributed by atoms with E-state index >= 15 is 0 Å². The molecule has 17 rings (SSSR count). The van der Waals surface area contributed by atoms with Gasteiger partial charge in [0, 0.05) is 85.5 Å². The third kappa shape index (κ3) is 10.2. The number of hydrogen-bond donors (Lipinski definition) is 0. The van der Waals surface area contributed by atoms with Crippen LogP contribution in [0.3, 0.4) is 0 Å². The average Bonchev–Trinajstić information content (AvgIpc) is 1.18. The van der Waals surface area contributed by atoms with Gasteiger partial charge in [-0.05, 0) is 136 Å². The molecule has 12 heteroatoms. The van der Waals surface area contributed by atoms with Crippen LogP contribution in [0.2, 0.25) is 0 Å². The molecule has 90 heavy (non-hydrogen) atoms. The molecule has 0 aliphatic carbocycles. The number of halogens is 1. The Kier molecular flexibility index (Phi) is 14.5. The van der Waals surface area contributed by atoms with Gasteiger partial charge in [-0.1, -0.05) is 198 Å². The van der Waals surface area contributed by atoms with Gasteiger partial charge < -0.3 is 9.31 Å². The Balaban J connectivity index is 0.000000118. The first kappa shape index (κ1) is 56.0. The predicted molar refractivity (Wildman–Crippen MR) is 372 cm³/mol. The van der Waals surface area contributed by atoms with Crippen molar-refractivity contribution in [2.24, 2.45) is 0 Å². The lowest BCUT2D eigenvalue weighted by molar-refractivity contribution is 0.00578. The van der Waals surface area contributed by atoms with Crippen LogP contribution in [0, 0.1) is 0 Å². The third-order valence-electron chi connectivity index (χ3n) is 17.5. The van der Waals surface area contributed by atoms with Crippen molar-refractivity contribution in [2.45, 2.75) is 38.9 Å². The number of hydrogen-bond acceptors (Lipinski definition) is 10. The first-order valence-corrected chi connectivity index (χ1v) is 30.8. The molecule has 10 aromatic carbocycles. The number of pyridine rings is 4. The van der Waals surface area contributed by atoms with Crippen molar-refractivity contribution in [3.05, 3.63) is 272 Å². The molecule has 1 aliphatic heterocycles. The van der Waals surface area contributed by atoms with Crippen LogP contribution in [0.1, 0.15) is 27.7 Å². The highest BCUT2D eigenvalue weighted by atomic mass is 79.9. The van der Waals surface area contributed by atoms with E-state index in [1.54, 1.807) is 24.8 Å². The monoisotopic (exact) mass is 1230 g/mol. The summed E-state index contributed by atoms with van der Waals surface area (Å²) in [6.45, 7) is 8.28. The molecule has 0 radical (unpaired) electrons. The van der Waals surface area contributed by atoms with Gasteiger partial charge in [-0.15, -0.1) is 0 Å². The van der Waals surface area contributed by atoms with Crippen LogP contribution in [0.5, 0.6) is 0 Å². The Morgan fingerprint density at radius 2 is 0.622 bits per heavy atom. The fourth-order valence-corrected chi connectivity index (χ4v) is 12.8. The van der Waals surface area contributed by atoms with E-state index in [9.17, 15) is 0 Å². The molecule has 0 N–H and O–H groups in total. The molecule has 0 amide bonds. The van der Waals surface area contributed by atoms with Crippen LogP contribution in [0.15, 0.2) is 272 Å². The molecular weight excluding hydrogens is 1170 g/mol. The van der Waals surface area contributed by atoms with Gasteiger partial charge in [-0.3, -0.25) is 9.97 Å². The standard InChI is InChI=1S/C36H22N4.C22H13BrN2.C20H21BN2O2/c1-3-10-27-25(8-1)29(30-16-18-32(36-38-21-6-22-39-36)28-11-4-2-9-26(28)30)15-17-31(27)33-19-14-24-13-12-23-7-5-20-37-34(23)35(24)40-33;23-19-11-10-18(16-5-1-2-6-17(16)19)20-12-9-15-8-7-14-4-3-13-24-21(14)22(15)25-20;1-19(2)20(3,4)25-21(24-19)17-11-10-16(18-22-12-7-13-23-18)14-8-5-6-9-15(14)17/h1-22H;1-13H;5-13H,1-4H3. The summed E-state index contributed by atoms with van der Waals surface area (Å²) in [6.07, 6.45) is 10.8. The smallest absolute Gasteiger partial charge is 0.399 e. The molecule has 16 aromatic rings. The van der Waals surface area contributed by atoms with Gasteiger partial charge in [0.05, 0.1) is 44.7 Å². The van der Waals surface area contributed by atoms with Gasteiger partial charge in [0.25, 0.3) is 0 Å². The minimum absolute atomic E-state index is 0.361. The van der Waals surface area contributed by atoms with Crippen LogP contribution in [0.4, 0.5) is 0 Å². The molecule has 0 saturated carbocycles. The lowest BCUT2D eigenvalue weighted by atomic mass is 9.75. The summed E-state index contributed by atoms with van der Waals surface area (Å²) in [5.41, 5.74) is 12.6. The van der Waals surface area contributed by atoms with Crippen molar-refractivity contribution < 1.29 is 9.31 Å². The zero-order valence-electron chi connectivity index (χ0n) is 49.8. The SMILES string of the molecule is Brc1ccc(-c2ccc3ccc4cccnc4c3n2)c2ccccc12.CC1(C)OB(c2ccc(-c3ncccn3)c3ccccc23)OC1(C)C.c1cnc(-c2ccc(-c3ccc(-c4ccc5ccc6cccnc6c5n4)c4ccccc34)c3ccccc23)nc1. The zero-order chi connectivity index (χ0) is 60.9. The van der Waals surface area contributed by atoms with Crippen LogP contribution in [-0.2, 0) is 9.31 Å². The molecular formula is C78H56BBrN8O2. The van der Waals surface area contributed by atoms with Crippen molar-refractivity contribution >= 4 is 115 Å². The number of fused-ring (bicyclic) bond motifs is 10. The quantitative estimate of drug-likeness (QED) is 0.117. The normalized spacial score (nSPS) is 13.5. The maximum atomic E-state index is 6.25. The summed E-state index contributed by atoms with van der Waals surface area (Å²) in [4.78, 5) is 37.1. The molecule has 6 aromatic heterocycles. The van der Waals surface area contributed by atoms with E-state index in [1.165, 1.54) is 38.1 Å². The van der Waals surface area contributed by atoms with E-state index in [2.05, 4.69) is 268 Å². The minimum atomic E-state index is -0.388. The maximum absolute atomic E-state index is 6.25. The summed E-state index contributed by atoms with van der Waals surface area (Å²) in [5, 5.41) is 13.6. The molecule has 7 heterocycles. The molecule has 1 aliphatic rings. The van der Waals surface area contributed by atoms with E-state index in [1.807, 2.05) is 48.8 Å². The van der Waals surface area contributed by atoms with E-state index in [4.69, 9.17) is 19.3 Å². The Hall–Kier alpha value is -10.5. The molecule has 0 spiro atoms. The van der Waals surface area contributed by atoms with Gasteiger partial charge in [-0.2, -0.15) is 0 Å². The van der Waals surface area contributed by atoms with Gasteiger partial charge >= 0.3 is 7.12 Å². The Morgan fingerprint density at radius 3 is 1.10 bits per heavy atom. The Morgan fingerprint density at radius 1 is 0.289 bits per heavy atom. The molecule has 1 saturated heterocycles. The Bertz CT molecular complexity index is 5430. The second-order valence-corrected chi connectivity index (χ2v) is 24.2. The fourth-order valence-electron chi connectivity index (χ4n) is 12.3. The van der Waals surface area contributed by atoms with Crippen molar-refractivity contribution in [1.82, 2.24) is 39.9 Å². The molecule has 1 fully saturated rings. The maximum Gasteiger partial charge on any atom is 0.495 e. The average molecular weight is 1230 g/mol. The summed E-state index contributed by atoms with van der Waals surface area (Å²) >= 11 is 3.65. The van der Waals surface area contributed by atoms with Crippen molar-refractivity contribution in [3.8, 4) is 56.4 Å². The number of aromatic nitrogens is 8. The summed E-state index contributed by atoms with van der Waals surface area (Å²) in [5.74, 6) is 1.45. The van der Waals surface area contributed by atoms with E-state index < -0.39 is 0 Å². The van der Waals surface area contributed by atoms with Crippen molar-refractivity contribution in [2.75, 3.05) is 0 Å². The van der Waals surface area contributed by atoms with Crippen molar-refractivity contribution in [1.29, 1.82) is 0 Å². The van der Waals surface area contributed by atoms with E-state index in [0.29, 0.717) is 0 Å². The summed E-state index contributed by atoms with van der Waals surface area (Å²) in [7, 11) is -0.388. The minimum Gasteiger partial charge on any atom is -0.399 e. The van der Waals surface area contributed by atoms with Gasteiger partial charge in [-0.25, -0.2) is 29.9 Å². The summed E-state index contributed by atoms with van der Waals surface area (Å²) in [6, 6.07) is 79.5. The third-order valence-corrected chi connectivity index (χ3v) is 18.2. The highest BCUT2D eigenvalue weighted by molar-refractivity contribution is 9.10. The molecule has 10 nitrogen and oxygen atoms in total. The predicted octanol–water partition coefficient (Wildman–Crippen LogP) is 18.8. The highest BCUT2D eigenvalue weighted by Crippen LogP contribution is 2.42. The van der Waals surface area contributed by atoms with E-state index in [-0.39, 0.29) is 18.3 Å². The van der Waals surface area contributed by atoms with Crippen molar-refractivity contribution in [3.63, 3.8) is 0 Å².